The lowest BCUT2D eigenvalue weighted by atomic mass is 10.1. The zero-order valence-corrected chi connectivity index (χ0v) is 15.7. The minimum atomic E-state index is -0.664. The SMILES string of the molecule is CCCCCCCC/C=C\CCCCCCCC(=O)O.C[N+](=O)[O-]. The Morgan fingerprint density at radius 2 is 1.25 bits per heavy atom. The molecule has 1 N–H and O–H groups in total. The van der Waals surface area contributed by atoms with E-state index in [0.717, 1.165) is 19.9 Å². The molecule has 0 fully saturated rings. The Balaban J connectivity index is 0. The highest BCUT2D eigenvalue weighted by atomic mass is 16.6. The van der Waals surface area contributed by atoms with Crippen molar-refractivity contribution in [1.29, 1.82) is 0 Å². The number of carboxylic acid groups (broad SMARTS) is 1. The van der Waals surface area contributed by atoms with E-state index >= 15 is 0 Å². The average molecular weight is 344 g/mol. The molecule has 0 spiro atoms. The van der Waals surface area contributed by atoms with Crippen LogP contribution in [0, 0.1) is 10.1 Å². The van der Waals surface area contributed by atoms with Crippen LogP contribution in [0.4, 0.5) is 0 Å². The number of carboxylic acids is 1. The second-order valence-corrected chi connectivity index (χ2v) is 6.17. The molecule has 0 aliphatic heterocycles. The predicted molar refractivity (Wildman–Crippen MR) is 100 cm³/mol. The Morgan fingerprint density at radius 1 is 0.875 bits per heavy atom. The van der Waals surface area contributed by atoms with Gasteiger partial charge in [-0.3, -0.25) is 14.9 Å². The number of allylic oxidation sites excluding steroid dienone is 2. The minimum absolute atomic E-state index is 0.332. The maximum Gasteiger partial charge on any atom is 0.303 e. The van der Waals surface area contributed by atoms with E-state index in [-0.39, 0.29) is 0 Å². The number of aliphatic carboxylic acids is 1. The van der Waals surface area contributed by atoms with Crippen LogP contribution in [0.5, 0.6) is 0 Å². The lowest BCUT2D eigenvalue weighted by Crippen LogP contribution is -1.93. The van der Waals surface area contributed by atoms with E-state index in [1.54, 1.807) is 0 Å². The number of hydrogen-bond donors (Lipinski definition) is 1. The maximum absolute atomic E-state index is 10.3. The van der Waals surface area contributed by atoms with Gasteiger partial charge in [0.2, 0.25) is 0 Å². The van der Waals surface area contributed by atoms with Crippen LogP contribution in [-0.2, 0) is 4.79 Å². The lowest BCUT2D eigenvalue weighted by molar-refractivity contribution is -0.445. The first-order valence-corrected chi connectivity index (χ1v) is 9.45. The summed E-state index contributed by atoms with van der Waals surface area (Å²) in [6, 6.07) is 0. The molecule has 142 valence electrons. The Kier molecular flexibility index (Phi) is 22.4. The molecule has 0 aliphatic carbocycles. The summed E-state index contributed by atoms with van der Waals surface area (Å²) in [5.41, 5.74) is 0. The summed E-state index contributed by atoms with van der Waals surface area (Å²) in [6.07, 6.45) is 21.2. The molecular weight excluding hydrogens is 306 g/mol. The van der Waals surface area contributed by atoms with E-state index in [4.69, 9.17) is 15.2 Å². The van der Waals surface area contributed by atoms with Gasteiger partial charge in [-0.25, -0.2) is 0 Å². The second-order valence-electron chi connectivity index (χ2n) is 6.17. The van der Waals surface area contributed by atoms with Gasteiger partial charge in [0.15, 0.2) is 7.05 Å². The molecule has 5 nitrogen and oxygen atoms in total. The van der Waals surface area contributed by atoms with E-state index in [1.165, 1.54) is 70.6 Å². The van der Waals surface area contributed by atoms with Crippen molar-refractivity contribution >= 4 is 5.97 Å². The van der Waals surface area contributed by atoms with Crippen molar-refractivity contribution in [1.82, 2.24) is 0 Å². The molecule has 0 atom stereocenters. The van der Waals surface area contributed by atoms with Gasteiger partial charge in [-0.1, -0.05) is 70.4 Å². The fourth-order valence-corrected chi connectivity index (χ4v) is 2.35. The molecule has 0 unspecified atom stereocenters. The van der Waals surface area contributed by atoms with Crippen LogP contribution in [0.2, 0.25) is 0 Å². The van der Waals surface area contributed by atoms with Gasteiger partial charge < -0.3 is 5.11 Å². The van der Waals surface area contributed by atoms with Crippen molar-refractivity contribution < 1.29 is 14.8 Å². The number of rotatable bonds is 15. The molecule has 5 heteroatoms. The molecule has 0 heterocycles. The number of carbonyl (C=O) groups is 1. The van der Waals surface area contributed by atoms with E-state index < -0.39 is 10.9 Å². The lowest BCUT2D eigenvalue weighted by Gasteiger charge is -1.99. The molecule has 0 aromatic rings. The van der Waals surface area contributed by atoms with Gasteiger partial charge in [0.05, 0.1) is 0 Å². The zero-order chi connectivity index (χ0) is 18.5. The maximum atomic E-state index is 10.3. The van der Waals surface area contributed by atoms with E-state index in [9.17, 15) is 4.79 Å². The first kappa shape index (κ1) is 24.9. The van der Waals surface area contributed by atoms with E-state index in [1.807, 2.05) is 0 Å². The molecule has 0 aromatic carbocycles. The van der Waals surface area contributed by atoms with Crippen molar-refractivity contribution in [2.45, 2.75) is 96.8 Å². The summed E-state index contributed by atoms with van der Waals surface area (Å²) < 4.78 is 0. The molecule has 24 heavy (non-hydrogen) atoms. The fraction of sp³-hybridized carbons (Fsp3) is 0.842. The highest BCUT2D eigenvalue weighted by Gasteiger charge is 1.95. The van der Waals surface area contributed by atoms with E-state index in [0.29, 0.717) is 6.42 Å². The van der Waals surface area contributed by atoms with Crippen molar-refractivity contribution in [2.75, 3.05) is 7.05 Å². The standard InChI is InChI=1S/C18H34O2.CH3NO2/c1-2-3-4-5-6-7-8-9-10-11-12-13-14-15-16-17-18(19)20;1-2(3)4/h9-10H,2-8,11-17H2,1H3,(H,19,20);1H3/b10-9-;. The number of nitro groups is 1. The van der Waals surface area contributed by atoms with Gasteiger partial charge in [-0.05, 0) is 32.1 Å². The summed E-state index contributed by atoms with van der Waals surface area (Å²) in [5, 5.41) is 17.3. The number of unbranched alkanes of at least 4 members (excludes halogenated alkanes) is 11. The summed E-state index contributed by atoms with van der Waals surface area (Å²) in [5.74, 6) is -0.664. The van der Waals surface area contributed by atoms with Crippen molar-refractivity contribution in [3.05, 3.63) is 22.3 Å². The zero-order valence-electron chi connectivity index (χ0n) is 15.7. The van der Waals surface area contributed by atoms with Crippen LogP contribution in [0.15, 0.2) is 12.2 Å². The molecule has 0 amide bonds. The Bertz CT molecular complexity index is 312. The van der Waals surface area contributed by atoms with Crippen LogP contribution < -0.4 is 0 Å². The highest BCUT2D eigenvalue weighted by Crippen LogP contribution is 2.09. The summed E-state index contributed by atoms with van der Waals surface area (Å²) in [4.78, 5) is 18.6. The average Bonchev–Trinajstić information content (AvgIpc) is 2.50. The van der Waals surface area contributed by atoms with Crippen molar-refractivity contribution in [2.24, 2.45) is 0 Å². The molecule has 0 bridgehead atoms. The monoisotopic (exact) mass is 343 g/mol. The topological polar surface area (TPSA) is 80.4 Å². The molecule has 0 radical (unpaired) electrons. The van der Waals surface area contributed by atoms with Gasteiger partial charge in [0.25, 0.3) is 0 Å². The first-order chi connectivity index (χ1) is 11.5. The van der Waals surface area contributed by atoms with Crippen LogP contribution in [-0.4, -0.2) is 23.0 Å². The molecule has 0 saturated carbocycles. The summed E-state index contributed by atoms with van der Waals surface area (Å²) in [6.45, 7) is 2.26. The Hall–Kier alpha value is -1.39. The first-order valence-electron chi connectivity index (χ1n) is 9.45. The molecular formula is C19H37NO4. The third-order valence-electron chi connectivity index (χ3n) is 3.65. The van der Waals surface area contributed by atoms with Gasteiger partial charge in [-0.15, -0.1) is 0 Å². The van der Waals surface area contributed by atoms with Crippen LogP contribution in [0.3, 0.4) is 0 Å². The number of nitrogens with zero attached hydrogens (tertiary/aromatic N) is 1. The fourth-order valence-electron chi connectivity index (χ4n) is 2.35. The van der Waals surface area contributed by atoms with Crippen LogP contribution in [0.1, 0.15) is 96.8 Å². The molecule has 0 aromatic heterocycles. The summed E-state index contributed by atoms with van der Waals surface area (Å²) >= 11 is 0. The third-order valence-corrected chi connectivity index (χ3v) is 3.65. The normalized spacial score (nSPS) is 10.4. The van der Waals surface area contributed by atoms with Crippen molar-refractivity contribution in [3.63, 3.8) is 0 Å². The predicted octanol–water partition coefficient (Wildman–Crippen LogP) is 6.00. The van der Waals surface area contributed by atoms with Gasteiger partial charge >= 0.3 is 5.97 Å². The Morgan fingerprint density at radius 3 is 1.67 bits per heavy atom. The number of hydrogen-bond acceptors (Lipinski definition) is 3. The molecule has 0 saturated heterocycles. The van der Waals surface area contributed by atoms with Gasteiger partial charge in [0, 0.05) is 11.3 Å². The largest absolute Gasteiger partial charge is 0.481 e. The van der Waals surface area contributed by atoms with Crippen LogP contribution in [0.25, 0.3) is 0 Å². The quantitative estimate of drug-likeness (QED) is 0.171. The Labute approximate surface area is 147 Å². The van der Waals surface area contributed by atoms with Crippen LogP contribution >= 0.6 is 0 Å². The van der Waals surface area contributed by atoms with Gasteiger partial charge in [0.1, 0.15) is 0 Å². The second kappa shape index (κ2) is 21.6. The van der Waals surface area contributed by atoms with Gasteiger partial charge in [-0.2, -0.15) is 0 Å². The highest BCUT2D eigenvalue weighted by molar-refractivity contribution is 5.66. The minimum Gasteiger partial charge on any atom is -0.481 e. The summed E-state index contributed by atoms with van der Waals surface area (Å²) in [7, 11) is 0.889. The molecule has 0 rings (SSSR count). The third kappa shape index (κ3) is 32.5. The smallest absolute Gasteiger partial charge is 0.303 e. The van der Waals surface area contributed by atoms with E-state index in [2.05, 4.69) is 19.1 Å². The van der Waals surface area contributed by atoms with Crippen molar-refractivity contribution in [3.8, 4) is 0 Å². The molecule has 0 aliphatic rings.